The van der Waals surface area contributed by atoms with Crippen molar-refractivity contribution in [1.29, 1.82) is 0 Å². The molecule has 1 aromatic rings. The fourth-order valence-corrected chi connectivity index (χ4v) is 4.45. The number of ether oxygens (including phenoxy) is 1. The highest BCUT2D eigenvalue weighted by Gasteiger charge is 2.42. The largest absolute Gasteiger partial charge is 0.460 e. The summed E-state index contributed by atoms with van der Waals surface area (Å²) >= 11 is 3.41. The monoisotopic (exact) mass is 407 g/mol. The van der Waals surface area contributed by atoms with E-state index < -0.39 is 5.97 Å². The number of hydrazine groups is 1. The molecule has 2 aliphatic rings. The molecule has 0 unspecified atom stereocenters. The molecule has 2 fully saturated rings. The molecule has 0 heterocycles. The maximum absolute atomic E-state index is 12.3. The smallest absolute Gasteiger partial charge is 0.375 e. The third-order valence-electron chi connectivity index (χ3n) is 5.38. The molecule has 6 heteroatoms. The normalized spacial score (nSPS) is 26.4. The first-order valence-corrected chi connectivity index (χ1v) is 9.88. The Bertz CT molecular complexity index is 632. The molecule has 2 aliphatic carbocycles. The zero-order chi connectivity index (χ0) is 17.8. The van der Waals surface area contributed by atoms with Gasteiger partial charge >= 0.3 is 5.97 Å². The van der Waals surface area contributed by atoms with Crippen LogP contribution in [-0.2, 0) is 9.53 Å². The summed E-state index contributed by atoms with van der Waals surface area (Å²) in [5, 5.41) is 0. The molecule has 136 valence electrons. The van der Waals surface area contributed by atoms with Crippen molar-refractivity contribution in [3.05, 3.63) is 28.7 Å². The Hall–Kier alpha value is -1.56. The summed E-state index contributed by atoms with van der Waals surface area (Å²) in [5.41, 5.74) is 6.84. The van der Waals surface area contributed by atoms with Crippen molar-refractivity contribution < 1.29 is 9.53 Å². The summed E-state index contributed by atoms with van der Waals surface area (Å²) in [6.45, 7) is 4.25. The number of fused-ring (bicyclic) bond motifs is 2. The number of carbonyl (C=O) groups excluding carboxylic acids is 1. The van der Waals surface area contributed by atoms with Gasteiger partial charge in [-0.25, -0.2) is 4.79 Å². The van der Waals surface area contributed by atoms with Crippen molar-refractivity contribution in [2.75, 3.05) is 12.0 Å². The van der Waals surface area contributed by atoms with E-state index in [4.69, 9.17) is 4.74 Å². The lowest BCUT2D eigenvalue weighted by Gasteiger charge is -2.26. The number of hydrogen-bond acceptors (Lipinski definition) is 4. The van der Waals surface area contributed by atoms with E-state index in [9.17, 15) is 4.79 Å². The van der Waals surface area contributed by atoms with E-state index in [-0.39, 0.29) is 11.9 Å². The molecule has 2 bridgehead atoms. The van der Waals surface area contributed by atoms with Gasteiger partial charge in [-0.3, -0.25) is 15.8 Å². The van der Waals surface area contributed by atoms with Gasteiger partial charge < -0.3 is 4.74 Å². The molecule has 0 radical (unpaired) electrons. The molecule has 5 nitrogen and oxygen atoms in total. The van der Waals surface area contributed by atoms with Gasteiger partial charge in [-0.2, -0.15) is 0 Å². The lowest BCUT2D eigenvalue weighted by molar-refractivity contribution is -0.135. The van der Waals surface area contributed by atoms with Crippen molar-refractivity contribution in [2.45, 2.75) is 45.6 Å². The van der Waals surface area contributed by atoms with Gasteiger partial charge in [-0.1, -0.05) is 22.4 Å². The predicted octanol–water partition coefficient (Wildman–Crippen LogP) is 4.15. The van der Waals surface area contributed by atoms with Crippen LogP contribution < -0.4 is 10.9 Å². The highest BCUT2D eigenvalue weighted by molar-refractivity contribution is 9.10. The van der Waals surface area contributed by atoms with E-state index in [1.807, 2.05) is 24.3 Å². The molecule has 1 aromatic carbocycles. The number of benzene rings is 1. The van der Waals surface area contributed by atoms with Crippen LogP contribution in [0, 0.1) is 17.8 Å². The Morgan fingerprint density at radius 3 is 2.68 bits per heavy atom. The van der Waals surface area contributed by atoms with Crippen LogP contribution in [0.4, 0.5) is 5.69 Å². The maximum atomic E-state index is 12.3. The van der Waals surface area contributed by atoms with Crippen molar-refractivity contribution in [2.24, 2.45) is 22.7 Å². The average molecular weight is 408 g/mol. The van der Waals surface area contributed by atoms with Gasteiger partial charge in [0.05, 0.1) is 18.3 Å². The SMILES string of the molecule is CCOC(=O)C(=N[C@@H](C)[C@@H]1C[C@H]2CC[C@@H]1C2)NNc1ccc(Br)cc1. The standard InChI is InChI=1S/C19H26BrN3O2/c1-3-25-19(24)18(23-22-16-8-6-15(20)7-9-16)21-12(2)17-11-13-4-5-14(17)10-13/h6-9,12-14,17,22H,3-5,10-11H2,1-2H3,(H,21,23)/t12-,13-,14+,17-/m0/s1. The lowest BCUT2D eigenvalue weighted by atomic mass is 9.84. The first-order valence-electron chi connectivity index (χ1n) is 9.09. The number of nitrogens with one attached hydrogen (secondary N) is 2. The highest BCUT2D eigenvalue weighted by atomic mass is 79.9. The number of esters is 1. The maximum Gasteiger partial charge on any atom is 0.375 e. The minimum Gasteiger partial charge on any atom is -0.460 e. The number of amidine groups is 1. The summed E-state index contributed by atoms with van der Waals surface area (Å²) in [4.78, 5) is 17.0. The molecule has 0 aromatic heterocycles. The molecule has 3 rings (SSSR count). The van der Waals surface area contributed by atoms with Crippen molar-refractivity contribution >= 4 is 33.4 Å². The molecular weight excluding hydrogens is 382 g/mol. The van der Waals surface area contributed by atoms with E-state index in [2.05, 4.69) is 38.7 Å². The minimum atomic E-state index is -0.415. The zero-order valence-corrected chi connectivity index (χ0v) is 16.4. The molecule has 0 saturated heterocycles. The Morgan fingerprint density at radius 1 is 1.32 bits per heavy atom. The van der Waals surface area contributed by atoms with Crippen LogP contribution in [0.3, 0.4) is 0 Å². The molecule has 0 aliphatic heterocycles. The second kappa shape index (κ2) is 8.21. The molecular formula is C19H26BrN3O2. The van der Waals surface area contributed by atoms with Crippen molar-refractivity contribution in [3.8, 4) is 0 Å². The van der Waals surface area contributed by atoms with E-state index in [1.54, 1.807) is 6.92 Å². The number of carbonyl (C=O) groups is 1. The molecule has 25 heavy (non-hydrogen) atoms. The van der Waals surface area contributed by atoms with E-state index >= 15 is 0 Å². The topological polar surface area (TPSA) is 62.7 Å². The minimum absolute atomic E-state index is 0.119. The number of hydrogen-bond donors (Lipinski definition) is 2. The summed E-state index contributed by atoms with van der Waals surface area (Å²) in [7, 11) is 0. The fourth-order valence-electron chi connectivity index (χ4n) is 4.18. The van der Waals surface area contributed by atoms with Gasteiger partial charge in [-0.15, -0.1) is 0 Å². The third kappa shape index (κ3) is 4.54. The van der Waals surface area contributed by atoms with Crippen LogP contribution in [0.1, 0.15) is 39.5 Å². The Kier molecular flexibility index (Phi) is 5.99. The number of nitrogens with zero attached hydrogens (tertiary/aromatic N) is 1. The molecule has 4 atom stereocenters. The highest BCUT2D eigenvalue weighted by Crippen LogP contribution is 2.50. The summed E-state index contributed by atoms with van der Waals surface area (Å²) in [6, 6.07) is 7.82. The predicted molar refractivity (Wildman–Crippen MR) is 103 cm³/mol. The first kappa shape index (κ1) is 18.2. The van der Waals surface area contributed by atoms with Crippen molar-refractivity contribution in [1.82, 2.24) is 5.43 Å². The molecule has 2 N–H and O–H groups in total. The van der Waals surface area contributed by atoms with Crippen LogP contribution in [-0.4, -0.2) is 24.5 Å². The number of halogens is 1. The second-order valence-corrected chi connectivity index (χ2v) is 7.95. The fraction of sp³-hybridized carbons (Fsp3) is 0.579. The van der Waals surface area contributed by atoms with Crippen LogP contribution in [0.15, 0.2) is 33.7 Å². The lowest BCUT2D eigenvalue weighted by Crippen LogP contribution is -2.38. The first-order chi connectivity index (χ1) is 12.1. The van der Waals surface area contributed by atoms with Gasteiger partial charge in [-0.05, 0) is 75.1 Å². The molecule has 0 spiro atoms. The van der Waals surface area contributed by atoms with E-state index in [1.165, 1.54) is 25.7 Å². The van der Waals surface area contributed by atoms with E-state index in [0.29, 0.717) is 12.5 Å². The summed E-state index contributed by atoms with van der Waals surface area (Å²) in [6.07, 6.45) is 5.26. The van der Waals surface area contributed by atoms with Crippen LogP contribution >= 0.6 is 15.9 Å². The van der Waals surface area contributed by atoms with Gasteiger partial charge in [0.25, 0.3) is 0 Å². The Morgan fingerprint density at radius 2 is 2.08 bits per heavy atom. The molecule has 0 amide bonds. The third-order valence-corrected chi connectivity index (χ3v) is 5.91. The average Bonchev–Trinajstić information content (AvgIpc) is 3.23. The van der Waals surface area contributed by atoms with Gasteiger partial charge in [0, 0.05) is 4.47 Å². The molecule has 2 saturated carbocycles. The van der Waals surface area contributed by atoms with Crippen LogP contribution in [0.5, 0.6) is 0 Å². The van der Waals surface area contributed by atoms with Crippen LogP contribution in [0.25, 0.3) is 0 Å². The van der Waals surface area contributed by atoms with Gasteiger partial charge in [0.15, 0.2) is 0 Å². The van der Waals surface area contributed by atoms with E-state index in [0.717, 1.165) is 22.0 Å². The Labute approximate surface area is 157 Å². The zero-order valence-electron chi connectivity index (χ0n) is 14.8. The van der Waals surface area contributed by atoms with Crippen molar-refractivity contribution in [3.63, 3.8) is 0 Å². The quantitative estimate of drug-likeness (QED) is 0.333. The number of rotatable bonds is 5. The summed E-state index contributed by atoms with van der Waals surface area (Å²) < 4.78 is 6.16. The van der Waals surface area contributed by atoms with Crippen LogP contribution in [0.2, 0.25) is 0 Å². The number of aliphatic imine (C=N–C) groups is 1. The summed E-state index contributed by atoms with van der Waals surface area (Å²) in [5.74, 6) is 2.05. The Balaban J connectivity index is 1.67. The second-order valence-electron chi connectivity index (χ2n) is 7.03. The number of anilines is 1. The van der Waals surface area contributed by atoms with Gasteiger partial charge in [0.2, 0.25) is 5.84 Å². The van der Waals surface area contributed by atoms with Gasteiger partial charge in [0.1, 0.15) is 0 Å².